The third-order valence-corrected chi connectivity index (χ3v) is 4.09. The Labute approximate surface area is 131 Å². The van der Waals surface area contributed by atoms with Crippen LogP contribution in [0.3, 0.4) is 0 Å². The van der Waals surface area contributed by atoms with Crippen LogP contribution in [0.5, 0.6) is 5.75 Å². The molecular formula is C19H21NO2. The highest BCUT2D eigenvalue weighted by atomic mass is 16.5. The maximum absolute atomic E-state index is 12.8. The molecule has 0 unspecified atom stereocenters. The van der Waals surface area contributed by atoms with Crippen LogP contribution in [0.15, 0.2) is 48.5 Å². The van der Waals surface area contributed by atoms with E-state index in [0.717, 1.165) is 23.4 Å². The zero-order valence-electron chi connectivity index (χ0n) is 13.2. The molecule has 0 bridgehead atoms. The minimum atomic E-state index is -0.504. The van der Waals surface area contributed by atoms with Crippen molar-refractivity contribution in [3.63, 3.8) is 0 Å². The summed E-state index contributed by atoms with van der Waals surface area (Å²) in [6.45, 7) is 5.91. The Bertz CT molecular complexity index is 695. The molecule has 22 heavy (non-hydrogen) atoms. The quantitative estimate of drug-likeness (QED) is 0.863. The molecule has 0 spiro atoms. The van der Waals surface area contributed by atoms with Gasteiger partial charge in [-0.25, -0.2) is 0 Å². The van der Waals surface area contributed by atoms with Gasteiger partial charge >= 0.3 is 0 Å². The summed E-state index contributed by atoms with van der Waals surface area (Å²) < 4.78 is 5.84. The number of hydrogen-bond donors (Lipinski definition) is 0. The van der Waals surface area contributed by atoms with E-state index in [1.54, 1.807) is 0 Å². The zero-order valence-corrected chi connectivity index (χ0v) is 13.2. The van der Waals surface area contributed by atoms with E-state index in [-0.39, 0.29) is 11.9 Å². The van der Waals surface area contributed by atoms with Crippen LogP contribution in [-0.2, 0) is 11.2 Å². The molecule has 0 N–H and O–H groups in total. The van der Waals surface area contributed by atoms with Crippen molar-refractivity contribution in [2.24, 2.45) is 0 Å². The second-order valence-corrected chi connectivity index (χ2v) is 5.97. The number of carbonyl (C=O) groups excluding carboxylic acids is 1. The Balaban J connectivity index is 1.79. The molecule has 1 aliphatic rings. The van der Waals surface area contributed by atoms with E-state index >= 15 is 0 Å². The molecular weight excluding hydrogens is 274 g/mol. The second kappa shape index (κ2) is 5.84. The number of aryl methyl sites for hydroxylation is 1. The maximum Gasteiger partial charge on any atom is 0.268 e. The SMILES string of the molecule is Cc1cccc(O[C@@H](C)C(=O)N2c3ccccc3C[C@@H]2C)c1. The van der Waals surface area contributed by atoms with E-state index < -0.39 is 6.10 Å². The van der Waals surface area contributed by atoms with Gasteiger partial charge in [-0.05, 0) is 56.5 Å². The summed E-state index contributed by atoms with van der Waals surface area (Å²) >= 11 is 0. The molecule has 3 heteroatoms. The van der Waals surface area contributed by atoms with Gasteiger partial charge < -0.3 is 9.64 Å². The molecule has 0 saturated heterocycles. The van der Waals surface area contributed by atoms with Crippen LogP contribution in [0, 0.1) is 6.92 Å². The fraction of sp³-hybridized carbons (Fsp3) is 0.316. The van der Waals surface area contributed by atoms with Gasteiger partial charge in [0.15, 0.2) is 6.10 Å². The summed E-state index contributed by atoms with van der Waals surface area (Å²) in [5.74, 6) is 0.750. The highest BCUT2D eigenvalue weighted by Crippen LogP contribution is 2.32. The predicted molar refractivity (Wildman–Crippen MR) is 88.4 cm³/mol. The minimum absolute atomic E-state index is 0.0129. The maximum atomic E-state index is 12.8. The minimum Gasteiger partial charge on any atom is -0.481 e. The van der Waals surface area contributed by atoms with Crippen LogP contribution in [0.1, 0.15) is 25.0 Å². The highest BCUT2D eigenvalue weighted by molar-refractivity contribution is 5.99. The standard InChI is InChI=1S/C19H21NO2/c1-13-7-6-9-17(11-13)22-15(3)19(21)20-14(2)12-16-8-4-5-10-18(16)20/h4-11,14-15H,12H2,1-3H3/t14-,15-/m0/s1. The normalized spacial score (nSPS) is 18.0. The van der Waals surface area contributed by atoms with Gasteiger partial charge in [-0.1, -0.05) is 30.3 Å². The van der Waals surface area contributed by atoms with Crippen molar-refractivity contribution < 1.29 is 9.53 Å². The molecule has 2 aromatic carbocycles. The van der Waals surface area contributed by atoms with Gasteiger partial charge in [0.2, 0.25) is 0 Å². The number of nitrogens with zero attached hydrogens (tertiary/aromatic N) is 1. The van der Waals surface area contributed by atoms with Gasteiger partial charge in [-0.3, -0.25) is 4.79 Å². The summed E-state index contributed by atoms with van der Waals surface area (Å²) in [5, 5.41) is 0. The number of ether oxygens (including phenoxy) is 1. The van der Waals surface area contributed by atoms with E-state index in [1.807, 2.05) is 61.2 Å². The average Bonchev–Trinajstić information content (AvgIpc) is 2.82. The highest BCUT2D eigenvalue weighted by Gasteiger charge is 2.33. The van der Waals surface area contributed by atoms with Gasteiger partial charge in [0.05, 0.1) is 0 Å². The Morgan fingerprint density at radius 3 is 2.77 bits per heavy atom. The van der Waals surface area contributed by atoms with Gasteiger partial charge in [-0.2, -0.15) is 0 Å². The first-order chi connectivity index (χ1) is 10.6. The third kappa shape index (κ3) is 2.71. The van der Waals surface area contributed by atoms with Gasteiger partial charge in [0.25, 0.3) is 5.91 Å². The molecule has 0 aromatic heterocycles. The Hall–Kier alpha value is -2.29. The lowest BCUT2D eigenvalue weighted by Gasteiger charge is -2.26. The van der Waals surface area contributed by atoms with Gasteiger partial charge in [0, 0.05) is 11.7 Å². The van der Waals surface area contributed by atoms with Crippen LogP contribution in [0.4, 0.5) is 5.69 Å². The molecule has 114 valence electrons. The Kier molecular flexibility index (Phi) is 3.88. The van der Waals surface area contributed by atoms with Crippen molar-refractivity contribution in [1.82, 2.24) is 0 Å². The number of fused-ring (bicyclic) bond motifs is 1. The molecule has 0 aliphatic carbocycles. The number of para-hydroxylation sites is 1. The van der Waals surface area contributed by atoms with E-state index in [2.05, 4.69) is 13.0 Å². The Morgan fingerprint density at radius 2 is 2.00 bits per heavy atom. The first-order valence-electron chi connectivity index (χ1n) is 7.70. The number of rotatable bonds is 3. The molecule has 1 heterocycles. The summed E-state index contributed by atoms with van der Waals surface area (Å²) in [5.41, 5.74) is 3.36. The topological polar surface area (TPSA) is 29.5 Å². The van der Waals surface area contributed by atoms with Crippen LogP contribution >= 0.6 is 0 Å². The number of amides is 1. The third-order valence-electron chi connectivity index (χ3n) is 4.09. The lowest BCUT2D eigenvalue weighted by molar-refractivity contribution is -0.124. The summed E-state index contributed by atoms with van der Waals surface area (Å²) in [6, 6.07) is 16.1. The van der Waals surface area contributed by atoms with Crippen molar-refractivity contribution in [2.45, 2.75) is 39.3 Å². The first kappa shape index (κ1) is 14.6. The number of carbonyl (C=O) groups is 1. The molecule has 0 fully saturated rings. The molecule has 2 atom stereocenters. The zero-order chi connectivity index (χ0) is 15.7. The average molecular weight is 295 g/mol. The number of benzene rings is 2. The molecule has 0 radical (unpaired) electrons. The molecule has 3 nitrogen and oxygen atoms in total. The van der Waals surface area contributed by atoms with Crippen molar-refractivity contribution in [3.05, 3.63) is 59.7 Å². The molecule has 3 rings (SSSR count). The van der Waals surface area contributed by atoms with E-state index in [1.165, 1.54) is 5.56 Å². The summed E-state index contributed by atoms with van der Waals surface area (Å²) in [4.78, 5) is 14.7. The van der Waals surface area contributed by atoms with Crippen molar-refractivity contribution >= 4 is 11.6 Å². The predicted octanol–water partition coefficient (Wildman–Crippen LogP) is 3.74. The molecule has 2 aromatic rings. The van der Waals surface area contributed by atoms with Crippen molar-refractivity contribution in [2.75, 3.05) is 4.90 Å². The largest absolute Gasteiger partial charge is 0.481 e. The van der Waals surface area contributed by atoms with Crippen molar-refractivity contribution in [1.29, 1.82) is 0 Å². The molecule has 1 amide bonds. The number of anilines is 1. The van der Waals surface area contributed by atoms with Gasteiger partial charge in [0.1, 0.15) is 5.75 Å². The van der Waals surface area contributed by atoms with E-state index in [9.17, 15) is 4.79 Å². The summed E-state index contributed by atoms with van der Waals surface area (Å²) in [7, 11) is 0. The monoisotopic (exact) mass is 295 g/mol. The van der Waals surface area contributed by atoms with Crippen molar-refractivity contribution in [3.8, 4) is 5.75 Å². The number of hydrogen-bond acceptors (Lipinski definition) is 2. The first-order valence-corrected chi connectivity index (χ1v) is 7.70. The fourth-order valence-corrected chi connectivity index (χ4v) is 3.04. The fourth-order valence-electron chi connectivity index (χ4n) is 3.04. The molecule has 0 saturated carbocycles. The molecule has 1 aliphatic heterocycles. The smallest absolute Gasteiger partial charge is 0.268 e. The van der Waals surface area contributed by atoms with Crippen LogP contribution < -0.4 is 9.64 Å². The van der Waals surface area contributed by atoms with Crippen LogP contribution in [0.2, 0.25) is 0 Å². The Morgan fingerprint density at radius 1 is 1.23 bits per heavy atom. The lowest BCUT2D eigenvalue weighted by Crippen LogP contribution is -2.43. The second-order valence-electron chi connectivity index (χ2n) is 5.97. The lowest BCUT2D eigenvalue weighted by atomic mass is 10.1. The van der Waals surface area contributed by atoms with Crippen LogP contribution in [0.25, 0.3) is 0 Å². The van der Waals surface area contributed by atoms with E-state index in [4.69, 9.17) is 4.74 Å². The van der Waals surface area contributed by atoms with Gasteiger partial charge in [-0.15, -0.1) is 0 Å². The van der Waals surface area contributed by atoms with Crippen LogP contribution in [-0.4, -0.2) is 18.1 Å². The summed E-state index contributed by atoms with van der Waals surface area (Å²) in [6.07, 6.45) is 0.398. The van der Waals surface area contributed by atoms with E-state index in [0.29, 0.717) is 0 Å².